The van der Waals surface area contributed by atoms with Crippen LogP contribution in [0, 0.1) is 11.3 Å². The lowest BCUT2D eigenvalue weighted by Gasteiger charge is -2.38. The van der Waals surface area contributed by atoms with Crippen molar-refractivity contribution in [1.29, 1.82) is 0 Å². The van der Waals surface area contributed by atoms with Crippen molar-refractivity contribution < 1.29 is 42.9 Å². The molecule has 12 heteroatoms. The summed E-state index contributed by atoms with van der Waals surface area (Å²) < 4.78 is 31.2. The van der Waals surface area contributed by atoms with E-state index in [-0.39, 0.29) is 38.8 Å². The summed E-state index contributed by atoms with van der Waals surface area (Å²) in [5.74, 6) is -1.71. The minimum atomic E-state index is -1.20. The molecule has 2 fully saturated rings. The predicted molar refractivity (Wildman–Crippen MR) is 234 cm³/mol. The number of hydrogen-bond donors (Lipinski definition) is 2. The number of carbonyl (C=O) groups excluding carboxylic acids is 4. The van der Waals surface area contributed by atoms with Gasteiger partial charge >= 0.3 is 12.1 Å². The number of likely N-dealkylation sites (tertiary alicyclic amines) is 1. The quantitative estimate of drug-likeness (QED) is 0.0939. The van der Waals surface area contributed by atoms with E-state index in [1.807, 2.05) is 135 Å². The SMILES string of the molecule is COC(=O)[C@@H](NC(=O)C1([C@@H]2[C@@H](OCc3ccccc3)[C@H](OCc3ccccc3)[C@@H](COCc3ccccc3)N2C(=O)[C@H](Cc2ccccc2)NC(=O)OC(C)(C)C)CC1)C(C)C. The number of hydrogen-bond acceptors (Lipinski definition) is 9. The average molecular weight is 848 g/mol. The van der Waals surface area contributed by atoms with Crippen LogP contribution in [0.4, 0.5) is 4.79 Å². The molecule has 6 atom stereocenters. The first-order chi connectivity index (χ1) is 29.8. The largest absolute Gasteiger partial charge is 0.467 e. The van der Waals surface area contributed by atoms with E-state index in [4.69, 9.17) is 23.7 Å². The summed E-state index contributed by atoms with van der Waals surface area (Å²) in [4.78, 5) is 59.1. The normalized spacial score (nSPS) is 20.2. The van der Waals surface area contributed by atoms with E-state index in [1.54, 1.807) is 25.7 Å². The molecule has 330 valence electrons. The third kappa shape index (κ3) is 11.9. The first kappa shape index (κ1) is 46.0. The van der Waals surface area contributed by atoms with Gasteiger partial charge in [-0.05, 0) is 61.8 Å². The van der Waals surface area contributed by atoms with E-state index in [2.05, 4.69) is 10.6 Å². The standard InChI is InChI=1S/C50H61N3O9/c1-34(2)41(46(55)58-6)52-47(56)50(27-28-50)44-43(61-32-38-25-17-10-18-26-38)42(60-31-37-23-15-9-16-24-37)40(33-59-30-36-21-13-8-14-22-36)53(44)45(54)39(29-35-19-11-7-12-20-35)51-48(57)62-49(3,4)5/h7-26,34,39-44H,27-33H2,1-6H3,(H,51,57)(H,52,56)/t39-,40+,41-,42+,43-,44-/m0/s1. The lowest BCUT2D eigenvalue weighted by molar-refractivity contribution is -0.150. The summed E-state index contributed by atoms with van der Waals surface area (Å²) in [5, 5.41) is 5.91. The average Bonchev–Trinajstić information content (AvgIpc) is 4.01. The fraction of sp³-hybridized carbons (Fsp3) is 0.440. The minimum Gasteiger partial charge on any atom is -0.467 e. The van der Waals surface area contributed by atoms with Gasteiger partial charge in [-0.3, -0.25) is 9.59 Å². The number of nitrogens with one attached hydrogen (secondary N) is 2. The van der Waals surface area contributed by atoms with Crippen LogP contribution in [0.1, 0.15) is 69.7 Å². The molecule has 0 aromatic heterocycles. The van der Waals surface area contributed by atoms with Gasteiger partial charge in [0.1, 0.15) is 29.9 Å². The molecule has 1 aliphatic heterocycles. The van der Waals surface area contributed by atoms with Crippen LogP contribution in [-0.4, -0.2) is 84.5 Å². The van der Waals surface area contributed by atoms with Crippen molar-refractivity contribution in [3.63, 3.8) is 0 Å². The predicted octanol–water partition coefficient (Wildman–Crippen LogP) is 7.18. The first-order valence-corrected chi connectivity index (χ1v) is 21.5. The molecule has 4 aromatic carbocycles. The van der Waals surface area contributed by atoms with Gasteiger partial charge in [0, 0.05) is 6.42 Å². The maximum Gasteiger partial charge on any atom is 0.408 e. The second kappa shape index (κ2) is 21.0. The number of carbonyl (C=O) groups is 4. The van der Waals surface area contributed by atoms with Gasteiger partial charge in [0.25, 0.3) is 0 Å². The molecular weight excluding hydrogens is 787 g/mol. The molecule has 4 aromatic rings. The summed E-state index contributed by atoms with van der Waals surface area (Å²) in [6, 6.07) is 34.8. The van der Waals surface area contributed by atoms with E-state index in [0.29, 0.717) is 12.8 Å². The lowest BCUT2D eigenvalue weighted by atomic mass is 9.88. The van der Waals surface area contributed by atoms with Crippen molar-refractivity contribution in [2.24, 2.45) is 11.3 Å². The topological polar surface area (TPSA) is 142 Å². The molecule has 62 heavy (non-hydrogen) atoms. The summed E-state index contributed by atoms with van der Waals surface area (Å²) in [5.41, 5.74) is 1.49. The van der Waals surface area contributed by atoms with E-state index < -0.39 is 71.3 Å². The summed E-state index contributed by atoms with van der Waals surface area (Å²) in [6.45, 7) is 9.55. The zero-order valence-corrected chi connectivity index (χ0v) is 36.7. The molecule has 6 rings (SSSR count). The molecular formula is C50H61N3O9. The van der Waals surface area contributed by atoms with Gasteiger partial charge in [-0.25, -0.2) is 9.59 Å². The molecule has 12 nitrogen and oxygen atoms in total. The van der Waals surface area contributed by atoms with Crippen LogP contribution in [0.15, 0.2) is 121 Å². The van der Waals surface area contributed by atoms with Gasteiger partial charge in [0.15, 0.2) is 0 Å². The Hall–Kier alpha value is -5.56. The van der Waals surface area contributed by atoms with Crippen molar-refractivity contribution in [2.45, 2.75) is 116 Å². The highest BCUT2D eigenvalue weighted by molar-refractivity contribution is 5.93. The zero-order chi connectivity index (χ0) is 44.3. The Morgan fingerprint density at radius 3 is 1.65 bits per heavy atom. The monoisotopic (exact) mass is 847 g/mol. The Morgan fingerprint density at radius 1 is 0.694 bits per heavy atom. The number of benzene rings is 4. The molecule has 0 bridgehead atoms. The number of nitrogens with zero attached hydrogens (tertiary/aromatic N) is 1. The molecule has 2 aliphatic rings. The second-order valence-corrected chi connectivity index (χ2v) is 17.5. The Kier molecular flexibility index (Phi) is 15.6. The van der Waals surface area contributed by atoms with Crippen molar-refractivity contribution >= 4 is 23.9 Å². The minimum absolute atomic E-state index is 0.0146. The van der Waals surface area contributed by atoms with Gasteiger partial charge in [0.2, 0.25) is 11.8 Å². The van der Waals surface area contributed by atoms with E-state index in [9.17, 15) is 14.4 Å². The van der Waals surface area contributed by atoms with Crippen molar-refractivity contribution in [2.75, 3.05) is 13.7 Å². The maximum atomic E-state index is 15.8. The molecule has 2 N–H and O–H groups in total. The molecule has 3 amide bonds. The Balaban J connectivity index is 1.49. The molecule has 0 unspecified atom stereocenters. The molecule has 1 aliphatic carbocycles. The van der Waals surface area contributed by atoms with Crippen LogP contribution >= 0.6 is 0 Å². The van der Waals surface area contributed by atoms with Crippen LogP contribution in [0.3, 0.4) is 0 Å². The number of methoxy groups -OCH3 is 1. The van der Waals surface area contributed by atoms with E-state index >= 15 is 4.79 Å². The summed E-state index contributed by atoms with van der Waals surface area (Å²) in [7, 11) is 1.29. The highest BCUT2D eigenvalue weighted by Crippen LogP contribution is 2.56. The fourth-order valence-corrected chi connectivity index (χ4v) is 8.16. The van der Waals surface area contributed by atoms with E-state index in [0.717, 1.165) is 22.3 Å². The van der Waals surface area contributed by atoms with Gasteiger partial charge in [-0.2, -0.15) is 0 Å². The summed E-state index contributed by atoms with van der Waals surface area (Å²) in [6.07, 6.45) is -1.51. The lowest BCUT2D eigenvalue weighted by Crippen LogP contribution is -2.60. The summed E-state index contributed by atoms with van der Waals surface area (Å²) >= 11 is 0. The fourth-order valence-electron chi connectivity index (χ4n) is 8.16. The van der Waals surface area contributed by atoms with Gasteiger partial charge < -0.3 is 39.2 Å². The highest BCUT2D eigenvalue weighted by atomic mass is 16.6. The van der Waals surface area contributed by atoms with E-state index in [1.165, 1.54) is 7.11 Å². The number of esters is 1. The molecule has 1 heterocycles. The maximum absolute atomic E-state index is 15.8. The van der Waals surface area contributed by atoms with Gasteiger partial charge in [0.05, 0.1) is 51.0 Å². The third-order valence-corrected chi connectivity index (χ3v) is 11.4. The Labute approximate surface area is 365 Å². The molecule has 1 saturated carbocycles. The van der Waals surface area contributed by atoms with Crippen LogP contribution in [0.25, 0.3) is 0 Å². The zero-order valence-electron chi connectivity index (χ0n) is 36.7. The Bertz CT molecular complexity index is 2060. The number of ether oxygens (including phenoxy) is 5. The molecule has 1 saturated heterocycles. The van der Waals surface area contributed by atoms with Crippen LogP contribution in [0.2, 0.25) is 0 Å². The molecule has 0 radical (unpaired) electrons. The Morgan fingerprint density at radius 2 is 1.18 bits per heavy atom. The molecule has 0 spiro atoms. The second-order valence-electron chi connectivity index (χ2n) is 17.5. The first-order valence-electron chi connectivity index (χ1n) is 21.5. The van der Waals surface area contributed by atoms with Crippen molar-refractivity contribution in [3.8, 4) is 0 Å². The van der Waals surface area contributed by atoms with Crippen LogP contribution in [0.5, 0.6) is 0 Å². The van der Waals surface area contributed by atoms with Gasteiger partial charge in [-0.15, -0.1) is 0 Å². The highest BCUT2D eigenvalue weighted by Gasteiger charge is 2.68. The van der Waals surface area contributed by atoms with Crippen LogP contribution < -0.4 is 10.6 Å². The smallest absolute Gasteiger partial charge is 0.408 e. The number of alkyl carbamates (subject to hydrolysis) is 1. The number of amides is 3. The van der Waals surface area contributed by atoms with Crippen LogP contribution in [-0.2, 0) is 64.3 Å². The van der Waals surface area contributed by atoms with Crippen molar-refractivity contribution in [1.82, 2.24) is 15.5 Å². The van der Waals surface area contributed by atoms with Crippen molar-refractivity contribution in [3.05, 3.63) is 144 Å². The van der Waals surface area contributed by atoms with Gasteiger partial charge in [-0.1, -0.05) is 135 Å². The number of rotatable bonds is 19. The third-order valence-electron chi connectivity index (χ3n) is 11.4.